The Morgan fingerprint density at radius 1 is 0.594 bits per heavy atom. The number of unbranched alkanes of at least 4 members (excludes halogenated alkanes) is 18. The molecule has 188 valence electrons. The van der Waals surface area contributed by atoms with Crippen LogP contribution < -0.4 is 4.57 Å². The van der Waals surface area contributed by atoms with Gasteiger partial charge in [-0.2, -0.15) is 0 Å². The first-order chi connectivity index (χ1) is 15.7. The lowest BCUT2D eigenvalue weighted by Crippen LogP contribution is -2.38. The molecule has 0 N–H and O–H groups in total. The van der Waals surface area contributed by atoms with Crippen molar-refractivity contribution in [3.8, 4) is 0 Å². The molecule has 1 aromatic heterocycles. The minimum Gasteiger partial charge on any atom is -0.234 e. The van der Waals surface area contributed by atoms with E-state index in [1.165, 1.54) is 147 Å². The molecule has 0 radical (unpaired) electrons. The molecule has 0 unspecified atom stereocenters. The second-order valence-electron chi connectivity index (χ2n) is 10.6. The Kier molecular flexibility index (Phi) is 19.0. The van der Waals surface area contributed by atoms with Crippen molar-refractivity contribution in [1.29, 1.82) is 0 Å². The van der Waals surface area contributed by atoms with Gasteiger partial charge in [-0.3, -0.25) is 0 Å². The molecule has 2 heteroatoms. The zero-order valence-electron chi connectivity index (χ0n) is 22.7. The molecular formula is C30H59N2+. The fraction of sp³-hybridized carbons (Fsp3) is 0.900. The van der Waals surface area contributed by atoms with Crippen molar-refractivity contribution in [2.45, 2.75) is 175 Å². The highest BCUT2D eigenvalue weighted by molar-refractivity contribution is 4.89. The van der Waals surface area contributed by atoms with Gasteiger partial charge in [-0.25, -0.2) is 9.13 Å². The van der Waals surface area contributed by atoms with Gasteiger partial charge in [0, 0.05) is 0 Å². The third kappa shape index (κ3) is 14.4. The zero-order chi connectivity index (χ0) is 23.3. The normalized spacial score (nSPS) is 11.7. The summed E-state index contributed by atoms with van der Waals surface area (Å²) in [5.74, 6) is 2.13. The number of hydrogen-bond donors (Lipinski definition) is 0. The van der Waals surface area contributed by atoms with Crippen LogP contribution in [-0.2, 0) is 13.1 Å². The summed E-state index contributed by atoms with van der Waals surface area (Å²) in [4.78, 5) is 0. The quantitative estimate of drug-likeness (QED) is 0.117. The van der Waals surface area contributed by atoms with Gasteiger partial charge in [0.1, 0.15) is 12.4 Å². The Hall–Kier alpha value is -0.790. The van der Waals surface area contributed by atoms with Crippen molar-refractivity contribution in [1.82, 2.24) is 4.57 Å². The van der Waals surface area contributed by atoms with Crippen LogP contribution in [0.3, 0.4) is 0 Å². The van der Waals surface area contributed by atoms with Gasteiger partial charge in [-0.05, 0) is 25.7 Å². The third-order valence-corrected chi connectivity index (χ3v) is 7.04. The van der Waals surface area contributed by atoms with Crippen LogP contribution in [0.25, 0.3) is 0 Å². The number of rotatable bonds is 23. The van der Waals surface area contributed by atoms with Gasteiger partial charge in [0.15, 0.2) is 0 Å². The second-order valence-corrected chi connectivity index (χ2v) is 10.6. The van der Waals surface area contributed by atoms with E-state index in [-0.39, 0.29) is 0 Å². The summed E-state index contributed by atoms with van der Waals surface area (Å²) in [6.07, 6.45) is 33.2. The summed E-state index contributed by atoms with van der Waals surface area (Å²) in [6, 6.07) is 0. The van der Waals surface area contributed by atoms with E-state index in [0.29, 0.717) is 5.92 Å². The Labute approximate surface area is 202 Å². The van der Waals surface area contributed by atoms with E-state index in [0.717, 1.165) is 0 Å². The summed E-state index contributed by atoms with van der Waals surface area (Å²) in [7, 11) is 0. The molecule has 1 heterocycles. The van der Waals surface area contributed by atoms with E-state index in [4.69, 9.17) is 0 Å². The Morgan fingerprint density at radius 2 is 1.00 bits per heavy atom. The largest absolute Gasteiger partial charge is 0.258 e. The minimum absolute atomic E-state index is 0.609. The number of aromatic nitrogens is 2. The maximum atomic E-state index is 2.53. The monoisotopic (exact) mass is 447 g/mol. The first-order valence-electron chi connectivity index (χ1n) is 14.8. The highest BCUT2D eigenvalue weighted by Crippen LogP contribution is 2.15. The van der Waals surface area contributed by atoms with Crippen molar-refractivity contribution in [2.24, 2.45) is 0 Å². The molecule has 0 bridgehead atoms. The summed E-state index contributed by atoms with van der Waals surface area (Å²) in [5.41, 5.74) is 0. The van der Waals surface area contributed by atoms with Crippen molar-refractivity contribution in [3.05, 3.63) is 18.2 Å². The van der Waals surface area contributed by atoms with E-state index in [9.17, 15) is 0 Å². The van der Waals surface area contributed by atoms with Gasteiger partial charge in [0.05, 0.1) is 19.0 Å². The third-order valence-electron chi connectivity index (χ3n) is 7.04. The molecule has 1 rings (SSSR count). The van der Waals surface area contributed by atoms with Crippen LogP contribution in [-0.4, -0.2) is 4.57 Å². The number of aryl methyl sites for hydroxylation is 2. The molecule has 0 saturated carbocycles. The van der Waals surface area contributed by atoms with Crippen LogP contribution >= 0.6 is 0 Å². The smallest absolute Gasteiger partial charge is 0.234 e. The second kappa shape index (κ2) is 20.8. The lowest BCUT2D eigenvalue weighted by molar-refractivity contribution is -0.705. The molecule has 1 aromatic rings. The number of hydrogen-bond acceptors (Lipinski definition) is 0. The zero-order valence-corrected chi connectivity index (χ0v) is 22.7. The number of imidazole rings is 1. The average molecular weight is 448 g/mol. The van der Waals surface area contributed by atoms with Gasteiger partial charge in [0.2, 0.25) is 0 Å². The lowest BCUT2D eigenvalue weighted by atomic mass is 10.0. The lowest BCUT2D eigenvalue weighted by Gasteiger charge is -2.08. The maximum absolute atomic E-state index is 2.53. The van der Waals surface area contributed by atoms with Gasteiger partial charge in [-0.1, -0.05) is 130 Å². The highest BCUT2D eigenvalue weighted by Gasteiger charge is 2.19. The van der Waals surface area contributed by atoms with Crippen LogP contribution in [0.5, 0.6) is 0 Å². The van der Waals surface area contributed by atoms with Gasteiger partial charge in [0.25, 0.3) is 5.82 Å². The summed E-state index contributed by atoms with van der Waals surface area (Å²) in [5, 5.41) is 0. The molecule has 0 amide bonds. The van der Waals surface area contributed by atoms with Crippen molar-refractivity contribution in [2.75, 3.05) is 0 Å². The molecule has 0 spiro atoms. The predicted molar refractivity (Wildman–Crippen MR) is 142 cm³/mol. The maximum Gasteiger partial charge on any atom is 0.258 e. The fourth-order valence-corrected chi connectivity index (χ4v) is 5.06. The molecule has 0 aliphatic heterocycles. The van der Waals surface area contributed by atoms with E-state index < -0.39 is 0 Å². The van der Waals surface area contributed by atoms with Crippen molar-refractivity contribution >= 4 is 0 Å². The average Bonchev–Trinajstić information content (AvgIpc) is 3.19. The van der Waals surface area contributed by atoms with Crippen LogP contribution in [0.15, 0.2) is 12.4 Å². The summed E-state index contributed by atoms with van der Waals surface area (Å²) in [6.45, 7) is 11.7. The van der Waals surface area contributed by atoms with Gasteiger partial charge >= 0.3 is 0 Å². The van der Waals surface area contributed by atoms with Gasteiger partial charge in [-0.15, -0.1) is 0 Å². The van der Waals surface area contributed by atoms with Crippen LogP contribution in [0, 0.1) is 0 Å². The standard InChI is InChI=1S/C30H59N2/c1-5-7-9-10-11-12-13-14-15-16-17-18-19-20-21-22-24-26-32-28-27-31(25-23-8-6-2)30(32)29(3)4/h27-29H,5-26H2,1-4H3/q+1. The summed E-state index contributed by atoms with van der Waals surface area (Å²) < 4.78 is 5.04. The molecule has 0 atom stereocenters. The van der Waals surface area contributed by atoms with E-state index in [2.05, 4.69) is 49.2 Å². The fourth-order valence-electron chi connectivity index (χ4n) is 5.06. The van der Waals surface area contributed by atoms with Crippen molar-refractivity contribution < 1.29 is 4.57 Å². The molecule has 0 aliphatic carbocycles. The molecule has 0 saturated heterocycles. The molecule has 0 fully saturated rings. The Balaban J connectivity index is 1.96. The van der Waals surface area contributed by atoms with Crippen LogP contribution in [0.4, 0.5) is 0 Å². The first-order valence-corrected chi connectivity index (χ1v) is 14.8. The number of nitrogens with zero attached hydrogens (tertiary/aromatic N) is 2. The van der Waals surface area contributed by atoms with Gasteiger partial charge < -0.3 is 0 Å². The Bertz CT molecular complexity index is 517. The van der Waals surface area contributed by atoms with E-state index in [1.54, 1.807) is 0 Å². The molecule has 0 aromatic carbocycles. The summed E-state index contributed by atoms with van der Waals surface area (Å²) >= 11 is 0. The molecular weight excluding hydrogens is 388 g/mol. The molecule has 0 aliphatic rings. The van der Waals surface area contributed by atoms with Crippen molar-refractivity contribution in [3.63, 3.8) is 0 Å². The van der Waals surface area contributed by atoms with Crippen LogP contribution in [0.1, 0.15) is 168 Å². The first kappa shape index (κ1) is 29.2. The topological polar surface area (TPSA) is 8.81 Å². The van der Waals surface area contributed by atoms with Crippen LogP contribution in [0.2, 0.25) is 0 Å². The Morgan fingerprint density at radius 3 is 1.44 bits per heavy atom. The predicted octanol–water partition coefficient (Wildman–Crippen LogP) is 9.74. The highest BCUT2D eigenvalue weighted by atomic mass is 15.1. The molecule has 32 heavy (non-hydrogen) atoms. The van der Waals surface area contributed by atoms with E-state index >= 15 is 0 Å². The van der Waals surface area contributed by atoms with E-state index in [1.807, 2.05) is 0 Å². The molecule has 2 nitrogen and oxygen atoms in total. The SMILES string of the molecule is CCCCCCCCCCCCCCCCCCC[n+]1ccn(CCCCC)c1C(C)C. The minimum atomic E-state index is 0.609.